The molecule has 1 aromatic heterocycles. The highest BCUT2D eigenvalue weighted by molar-refractivity contribution is 7.99. The van der Waals surface area contributed by atoms with Crippen molar-refractivity contribution in [1.82, 2.24) is 14.8 Å². The van der Waals surface area contributed by atoms with Gasteiger partial charge in [0.2, 0.25) is 5.91 Å². The Morgan fingerprint density at radius 3 is 2.48 bits per heavy atom. The fourth-order valence-corrected chi connectivity index (χ4v) is 3.25. The number of methoxy groups -OCH3 is 1. The Morgan fingerprint density at radius 1 is 1.15 bits per heavy atom. The number of hydrogen-bond donors (Lipinski definition) is 1. The summed E-state index contributed by atoms with van der Waals surface area (Å²) in [5.74, 6) is 1.37. The number of carbonyl (C=O) groups excluding carboxylic acids is 1. The predicted molar refractivity (Wildman–Crippen MR) is 108 cm³/mol. The Bertz CT molecular complexity index is 889. The normalized spacial score (nSPS) is 10.8. The number of thioether (sulfide) groups is 1. The average Bonchev–Trinajstić information content (AvgIpc) is 3.15. The largest absolute Gasteiger partial charge is 0.497 e. The van der Waals surface area contributed by atoms with Gasteiger partial charge < -0.3 is 10.1 Å². The number of benzene rings is 2. The van der Waals surface area contributed by atoms with Gasteiger partial charge in [-0.25, -0.2) is 0 Å². The fraction of sp³-hybridized carbons (Fsp3) is 0.250. The maximum absolute atomic E-state index is 12.2. The highest BCUT2D eigenvalue weighted by atomic mass is 32.2. The lowest BCUT2D eigenvalue weighted by molar-refractivity contribution is -0.113. The van der Waals surface area contributed by atoms with E-state index in [9.17, 15) is 4.79 Å². The zero-order chi connectivity index (χ0) is 19.2. The quantitative estimate of drug-likeness (QED) is 0.622. The molecule has 3 rings (SSSR count). The molecule has 0 spiro atoms. The SMILES string of the molecule is COc1ccc(NC(=O)CSc2nncn2-c2ccc(C(C)C)cc2)cc1. The lowest BCUT2D eigenvalue weighted by Crippen LogP contribution is -2.14. The lowest BCUT2D eigenvalue weighted by Gasteiger charge is -2.09. The predicted octanol–water partition coefficient (Wildman–Crippen LogP) is 4.13. The number of amides is 1. The number of aromatic nitrogens is 3. The van der Waals surface area contributed by atoms with E-state index >= 15 is 0 Å². The van der Waals surface area contributed by atoms with Crippen molar-refractivity contribution in [3.05, 3.63) is 60.4 Å². The molecule has 0 aliphatic heterocycles. The van der Waals surface area contributed by atoms with Gasteiger partial charge in [0.15, 0.2) is 5.16 Å². The van der Waals surface area contributed by atoms with Crippen LogP contribution in [-0.2, 0) is 4.79 Å². The van der Waals surface area contributed by atoms with Gasteiger partial charge in [-0.3, -0.25) is 9.36 Å². The molecule has 140 valence electrons. The van der Waals surface area contributed by atoms with E-state index in [2.05, 4.69) is 41.5 Å². The van der Waals surface area contributed by atoms with Gasteiger partial charge in [-0.2, -0.15) is 0 Å². The smallest absolute Gasteiger partial charge is 0.234 e. The third-order valence-electron chi connectivity index (χ3n) is 4.06. The zero-order valence-electron chi connectivity index (χ0n) is 15.5. The summed E-state index contributed by atoms with van der Waals surface area (Å²) < 4.78 is 7.00. The van der Waals surface area contributed by atoms with E-state index < -0.39 is 0 Å². The molecule has 6 nitrogen and oxygen atoms in total. The third kappa shape index (κ3) is 4.89. The van der Waals surface area contributed by atoms with Crippen LogP contribution in [0.25, 0.3) is 5.69 Å². The van der Waals surface area contributed by atoms with Gasteiger partial charge in [0.25, 0.3) is 0 Å². The van der Waals surface area contributed by atoms with Crippen LogP contribution < -0.4 is 10.1 Å². The fourth-order valence-electron chi connectivity index (χ4n) is 2.52. The molecule has 3 aromatic rings. The average molecular weight is 382 g/mol. The van der Waals surface area contributed by atoms with Gasteiger partial charge in [-0.1, -0.05) is 37.7 Å². The molecule has 0 saturated carbocycles. The van der Waals surface area contributed by atoms with Crippen LogP contribution in [0.5, 0.6) is 5.75 Å². The van der Waals surface area contributed by atoms with Crippen LogP contribution >= 0.6 is 11.8 Å². The highest BCUT2D eigenvalue weighted by Crippen LogP contribution is 2.22. The number of carbonyl (C=O) groups is 1. The molecule has 0 fully saturated rings. The highest BCUT2D eigenvalue weighted by Gasteiger charge is 2.11. The van der Waals surface area contributed by atoms with Crippen molar-refractivity contribution in [2.24, 2.45) is 0 Å². The Morgan fingerprint density at radius 2 is 1.85 bits per heavy atom. The van der Waals surface area contributed by atoms with E-state index in [1.54, 1.807) is 37.7 Å². The minimum absolute atomic E-state index is 0.102. The molecule has 0 bridgehead atoms. The number of hydrogen-bond acceptors (Lipinski definition) is 5. The second-order valence-corrected chi connectivity index (χ2v) is 7.24. The van der Waals surface area contributed by atoms with Crippen molar-refractivity contribution in [2.75, 3.05) is 18.2 Å². The number of rotatable bonds is 7. The molecule has 0 saturated heterocycles. The first-order valence-corrected chi connectivity index (χ1v) is 9.62. The van der Waals surface area contributed by atoms with Crippen LogP contribution in [0.1, 0.15) is 25.3 Å². The van der Waals surface area contributed by atoms with Crippen LogP contribution in [0.15, 0.2) is 60.0 Å². The van der Waals surface area contributed by atoms with E-state index in [4.69, 9.17) is 4.74 Å². The van der Waals surface area contributed by atoms with Gasteiger partial charge >= 0.3 is 0 Å². The molecule has 1 heterocycles. The summed E-state index contributed by atoms with van der Waals surface area (Å²) in [7, 11) is 1.61. The second kappa shape index (κ2) is 8.73. The lowest BCUT2D eigenvalue weighted by atomic mass is 10.0. The molecule has 0 radical (unpaired) electrons. The van der Waals surface area contributed by atoms with Crippen LogP contribution in [-0.4, -0.2) is 33.5 Å². The molecule has 0 aliphatic rings. The topological polar surface area (TPSA) is 69.0 Å². The van der Waals surface area contributed by atoms with Crippen molar-refractivity contribution in [3.8, 4) is 11.4 Å². The molecule has 7 heteroatoms. The third-order valence-corrected chi connectivity index (χ3v) is 5.00. The summed E-state index contributed by atoms with van der Waals surface area (Å²) in [5, 5.41) is 11.7. The van der Waals surface area contributed by atoms with Crippen molar-refractivity contribution in [2.45, 2.75) is 24.9 Å². The summed E-state index contributed by atoms with van der Waals surface area (Å²) in [6.07, 6.45) is 1.66. The number of ether oxygens (including phenoxy) is 1. The molecule has 0 aliphatic carbocycles. The summed E-state index contributed by atoms with van der Waals surface area (Å²) in [4.78, 5) is 12.2. The van der Waals surface area contributed by atoms with Gasteiger partial charge in [0.1, 0.15) is 12.1 Å². The monoisotopic (exact) mass is 382 g/mol. The van der Waals surface area contributed by atoms with Gasteiger partial charge in [-0.15, -0.1) is 10.2 Å². The molecule has 0 atom stereocenters. The maximum Gasteiger partial charge on any atom is 0.234 e. The van der Waals surface area contributed by atoms with Crippen molar-refractivity contribution in [1.29, 1.82) is 0 Å². The standard InChI is InChI=1S/C20H22N4O2S/c1-14(2)15-4-8-17(9-5-15)24-13-21-23-20(24)27-12-19(25)22-16-6-10-18(26-3)11-7-16/h4-11,13-14H,12H2,1-3H3,(H,22,25). The van der Waals surface area contributed by atoms with Gasteiger partial charge in [0.05, 0.1) is 12.9 Å². The first-order chi connectivity index (χ1) is 13.1. The zero-order valence-corrected chi connectivity index (χ0v) is 16.4. The van der Waals surface area contributed by atoms with Crippen LogP contribution in [0.3, 0.4) is 0 Å². The maximum atomic E-state index is 12.2. The van der Waals surface area contributed by atoms with Crippen molar-refractivity contribution < 1.29 is 9.53 Å². The molecule has 1 amide bonds. The molecule has 2 aromatic carbocycles. The Balaban J connectivity index is 1.61. The van der Waals surface area contributed by atoms with E-state index in [1.807, 2.05) is 16.7 Å². The molecule has 0 unspecified atom stereocenters. The summed E-state index contributed by atoms with van der Waals surface area (Å²) in [5.41, 5.74) is 2.98. The van der Waals surface area contributed by atoms with Crippen LogP contribution in [0.2, 0.25) is 0 Å². The second-order valence-electron chi connectivity index (χ2n) is 6.30. The first kappa shape index (κ1) is 19.0. The van der Waals surface area contributed by atoms with Gasteiger partial charge in [-0.05, 0) is 47.9 Å². The molecular formula is C20H22N4O2S. The van der Waals surface area contributed by atoms with Crippen LogP contribution in [0.4, 0.5) is 5.69 Å². The van der Waals surface area contributed by atoms with E-state index in [-0.39, 0.29) is 11.7 Å². The Labute approximate surface area is 163 Å². The molecule has 27 heavy (non-hydrogen) atoms. The first-order valence-electron chi connectivity index (χ1n) is 8.64. The minimum Gasteiger partial charge on any atom is -0.497 e. The van der Waals surface area contributed by atoms with E-state index in [0.717, 1.165) is 17.1 Å². The summed E-state index contributed by atoms with van der Waals surface area (Å²) in [6, 6.07) is 15.5. The molecule has 1 N–H and O–H groups in total. The van der Waals surface area contributed by atoms with E-state index in [0.29, 0.717) is 11.1 Å². The summed E-state index contributed by atoms with van der Waals surface area (Å²) in [6.45, 7) is 4.33. The van der Waals surface area contributed by atoms with Crippen molar-refractivity contribution >= 4 is 23.4 Å². The number of nitrogens with one attached hydrogen (secondary N) is 1. The minimum atomic E-state index is -0.102. The van der Waals surface area contributed by atoms with Crippen molar-refractivity contribution in [3.63, 3.8) is 0 Å². The molecular weight excluding hydrogens is 360 g/mol. The Hall–Kier alpha value is -2.80. The van der Waals surface area contributed by atoms with Gasteiger partial charge in [0, 0.05) is 11.4 Å². The number of nitrogens with zero attached hydrogens (tertiary/aromatic N) is 3. The van der Waals surface area contributed by atoms with Crippen LogP contribution in [0, 0.1) is 0 Å². The Kier molecular flexibility index (Phi) is 6.13. The number of anilines is 1. The van der Waals surface area contributed by atoms with E-state index in [1.165, 1.54) is 17.3 Å². The summed E-state index contributed by atoms with van der Waals surface area (Å²) >= 11 is 1.35.